The van der Waals surface area contributed by atoms with Gasteiger partial charge in [-0.15, -0.1) is 11.8 Å². The first-order valence-corrected chi connectivity index (χ1v) is 5.34. The van der Waals surface area contributed by atoms with E-state index in [-0.39, 0.29) is 6.10 Å². The Bertz CT molecular complexity index is 168. The number of hydrogen-bond donors (Lipinski definition) is 1. The van der Waals surface area contributed by atoms with Gasteiger partial charge in [-0.3, -0.25) is 0 Å². The van der Waals surface area contributed by atoms with Crippen molar-refractivity contribution in [1.29, 1.82) is 0 Å². The minimum atomic E-state index is -0.222. The van der Waals surface area contributed by atoms with Crippen molar-refractivity contribution in [2.75, 3.05) is 26.4 Å². The van der Waals surface area contributed by atoms with Gasteiger partial charge in [0.2, 0.25) is 0 Å². The molecule has 1 N–H and O–H groups in total. The summed E-state index contributed by atoms with van der Waals surface area (Å²) >= 11 is 1.79. The summed E-state index contributed by atoms with van der Waals surface area (Å²) in [7, 11) is 4.06. The Morgan fingerprint density at radius 3 is 2.92 bits per heavy atom. The van der Waals surface area contributed by atoms with Crippen molar-refractivity contribution in [1.82, 2.24) is 4.90 Å². The predicted octanol–water partition coefficient (Wildman–Crippen LogP) is 1.32. The van der Waals surface area contributed by atoms with Crippen LogP contribution < -0.4 is 0 Å². The SMILES string of the molecule is CN(C)CC[C@H](O)C1=CCCS1. The Morgan fingerprint density at radius 2 is 2.42 bits per heavy atom. The van der Waals surface area contributed by atoms with Crippen molar-refractivity contribution in [2.45, 2.75) is 18.9 Å². The molecule has 0 aliphatic carbocycles. The standard InChI is InChI=1S/C9H17NOS/c1-10(2)6-5-8(11)9-4-3-7-12-9/h4,8,11H,3,5-7H2,1-2H3/t8-/m0/s1. The number of nitrogens with zero attached hydrogens (tertiary/aromatic N) is 1. The normalized spacial score (nSPS) is 19.8. The monoisotopic (exact) mass is 187 g/mol. The van der Waals surface area contributed by atoms with Crippen molar-refractivity contribution in [3.63, 3.8) is 0 Å². The quantitative estimate of drug-likeness (QED) is 0.718. The number of aliphatic hydroxyl groups excluding tert-OH is 1. The van der Waals surface area contributed by atoms with Gasteiger partial charge in [0.25, 0.3) is 0 Å². The second-order valence-corrected chi connectivity index (χ2v) is 4.52. The highest BCUT2D eigenvalue weighted by molar-refractivity contribution is 8.03. The fourth-order valence-electron chi connectivity index (χ4n) is 1.19. The van der Waals surface area contributed by atoms with Gasteiger partial charge in [0.15, 0.2) is 0 Å². The van der Waals surface area contributed by atoms with E-state index in [1.165, 1.54) is 4.91 Å². The van der Waals surface area contributed by atoms with Gasteiger partial charge < -0.3 is 10.0 Å². The van der Waals surface area contributed by atoms with Gasteiger partial charge >= 0.3 is 0 Å². The molecule has 0 aromatic carbocycles. The summed E-state index contributed by atoms with van der Waals surface area (Å²) in [6.07, 6.45) is 3.91. The van der Waals surface area contributed by atoms with Gasteiger partial charge in [-0.25, -0.2) is 0 Å². The molecule has 1 heterocycles. The van der Waals surface area contributed by atoms with Crippen LogP contribution in [0.1, 0.15) is 12.8 Å². The molecule has 0 radical (unpaired) electrons. The lowest BCUT2D eigenvalue weighted by molar-refractivity contribution is 0.193. The molecule has 0 aromatic heterocycles. The van der Waals surface area contributed by atoms with E-state index < -0.39 is 0 Å². The van der Waals surface area contributed by atoms with E-state index in [0.717, 1.165) is 25.1 Å². The number of rotatable bonds is 4. The second-order valence-electron chi connectivity index (χ2n) is 3.35. The molecule has 0 amide bonds. The summed E-state index contributed by atoms with van der Waals surface area (Å²) in [6.45, 7) is 0.957. The molecule has 3 heteroatoms. The molecule has 1 rings (SSSR count). The summed E-state index contributed by atoms with van der Waals surface area (Å²) in [5.74, 6) is 1.15. The molecule has 1 aliphatic rings. The molecular formula is C9H17NOS. The van der Waals surface area contributed by atoms with Crippen molar-refractivity contribution < 1.29 is 5.11 Å². The number of hydrogen-bond acceptors (Lipinski definition) is 3. The Balaban J connectivity index is 2.23. The zero-order chi connectivity index (χ0) is 8.97. The lowest BCUT2D eigenvalue weighted by Crippen LogP contribution is -2.19. The molecule has 1 atom stereocenters. The van der Waals surface area contributed by atoms with Gasteiger partial charge in [0.1, 0.15) is 0 Å². The average Bonchev–Trinajstić information content (AvgIpc) is 2.51. The topological polar surface area (TPSA) is 23.5 Å². The largest absolute Gasteiger partial charge is 0.388 e. The smallest absolute Gasteiger partial charge is 0.0857 e. The van der Waals surface area contributed by atoms with E-state index in [9.17, 15) is 5.11 Å². The fraction of sp³-hybridized carbons (Fsp3) is 0.778. The molecule has 0 unspecified atom stereocenters. The third-order valence-corrected chi connectivity index (χ3v) is 3.12. The summed E-state index contributed by atoms with van der Waals surface area (Å²) in [6, 6.07) is 0. The van der Waals surface area contributed by atoms with Crippen molar-refractivity contribution in [3.8, 4) is 0 Å². The van der Waals surface area contributed by atoms with Gasteiger partial charge in [-0.1, -0.05) is 6.08 Å². The maximum atomic E-state index is 9.68. The second kappa shape index (κ2) is 4.90. The Labute approximate surface area is 78.6 Å². The predicted molar refractivity (Wildman–Crippen MR) is 54.3 cm³/mol. The van der Waals surface area contributed by atoms with Crippen molar-refractivity contribution in [2.24, 2.45) is 0 Å². The van der Waals surface area contributed by atoms with Crippen LogP contribution in [-0.2, 0) is 0 Å². The summed E-state index contributed by atoms with van der Waals surface area (Å²) in [5, 5.41) is 9.68. The summed E-state index contributed by atoms with van der Waals surface area (Å²) in [4.78, 5) is 3.28. The molecule has 12 heavy (non-hydrogen) atoms. The zero-order valence-corrected chi connectivity index (χ0v) is 8.60. The van der Waals surface area contributed by atoms with Crippen LogP contribution in [0.5, 0.6) is 0 Å². The molecule has 70 valence electrons. The Kier molecular flexibility index (Phi) is 4.12. The molecule has 1 aliphatic heterocycles. The molecular weight excluding hydrogens is 170 g/mol. The van der Waals surface area contributed by atoms with Crippen LogP contribution in [0.3, 0.4) is 0 Å². The van der Waals surface area contributed by atoms with Gasteiger partial charge in [0, 0.05) is 17.2 Å². The molecule has 0 fully saturated rings. The maximum absolute atomic E-state index is 9.68. The molecule has 0 aromatic rings. The Hall–Kier alpha value is 0.01000. The van der Waals surface area contributed by atoms with Crippen molar-refractivity contribution >= 4 is 11.8 Å². The molecule has 0 bridgehead atoms. The third-order valence-electron chi connectivity index (χ3n) is 1.91. The minimum Gasteiger partial charge on any atom is -0.388 e. The highest BCUT2D eigenvalue weighted by Gasteiger charge is 2.14. The van der Waals surface area contributed by atoms with Crippen LogP contribution in [0.4, 0.5) is 0 Å². The molecule has 0 saturated carbocycles. The van der Waals surface area contributed by atoms with Crippen LogP contribution in [0.25, 0.3) is 0 Å². The molecule has 0 saturated heterocycles. The third kappa shape index (κ3) is 3.17. The highest BCUT2D eigenvalue weighted by atomic mass is 32.2. The average molecular weight is 187 g/mol. The molecule has 2 nitrogen and oxygen atoms in total. The van der Waals surface area contributed by atoms with Crippen LogP contribution in [0.15, 0.2) is 11.0 Å². The van der Waals surface area contributed by atoms with Gasteiger partial charge in [-0.05, 0) is 26.9 Å². The molecule has 0 spiro atoms. The van der Waals surface area contributed by atoms with Crippen LogP contribution in [0, 0.1) is 0 Å². The number of aliphatic hydroxyl groups is 1. The first kappa shape index (κ1) is 10.1. The van der Waals surface area contributed by atoms with Crippen LogP contribution in [-0.4, -0.2) is 42.5 Å². The van der Waals surface area contributed by atoms with Gasteiger partial charge in [-0.2, -0.15) is 0 Å². The van der Waals surface area contributed by atoms with Crippen LogP contribution >= 0.6 is 11.8 Å². The van der Waals surface area contributed by atoms with E-state index in [2.05, 4.69) is 11.0 Å². The summed E-state index contributed by atoms with van der Waals surface area (Å²) < 4.78 is 0. The number of allylic oxidation sites excluding steroid dienone is 1. The summed E-state index contributed by atoms with van der Waals surface area (Å²) in [5.41, 5.74) is 0. The first-order chi connectivity index (χ1) is 5.70. The van der Waals surface area contributed by atoms with E-state index >= 15 is 0 Å². The first-order valence-electron chi connectivity index (χ1n) is 4.36. The van der Waals surface area contributed by atoms with Crippen molar-refractivity contribution in [3.05, 3.63) is 11.0 Å². The van der Waals surface area contributed by atoms with E-state index in [1.54, 1.807) is 11.8 Å². The number of thioether (sulfide) groups is 1. The Morgan fingerprint density at radius 1 is 1.67 bits per heavy atom. The fourth-order valence-corrected chi connectivity index (χ4v) is 2.21. The highest BCUT2D eigenvalue weighted by Crippen LogP contribution is 2.28. The zero-order valence-electron chi connectivity index (χ0n) is 7.79. The van der Waals surface area contributed by atoms with E-state index in [0.29, 0.717) is 0 Å². The van der Waals surface area contributed by atoms with Gasteiger partial charge in [0.05, 0.1) is 6.10 Å². The van der Waals surface area contributed by atoms with Crippen LogP contribution in [0.2, 0.25) is 0 Å². The minimum absolute atomic E-state index is 0.222. The lowest BCUT2D eigenvalue weighted by Gasteiger charge is -2.14. The van der Waals surface area contributed by atoms with E-state index in [4.69, 9.17) is 0 Å². The maximum Gasteiger partial charge on any atom is 0.0857 e. The lowest BCUT2D eigenvalue weighted by atomic mass is 10.2. The van der Waals surface area contributed by atoms with E-state index in [1.807, 2.05) is 14.1 Å².